The number of hydrogen-bond acceptors (Lipinski definition) is 5. The summed E-state index contributed by atoms with van der Waals surface area (Å²) in [4.78, 5) is 31.3. The van der Waals surface area contributed by atoms with E-state index in [1.807, 2.05) is 0 Å². The van der Waals surface area contributed by atoms with Gasteiger partial charge in [0.2, 0.25) is 0 Å². The highest BCUT2D eigenvalue weighted by atomic mass is 19.4. The standard InChI is InChI=1S/C24H17F6N5O3/c25-23(26,27)17-8-13(9-32-19(17)12-5-7-38-11-12)34-22(37)16-10-33-35(20(16)24(28,29)30)18-3-1-2-15-14(18)4-6-31-21(15)36/h1-4,6,8-10,12H,5,7,11H2,(H,31,36)(H,34,37). The number of amides is 1. The molecule has 198 valence electrons. The Morgan fingerprint density at radius 1 is 1.08 bits per heavy atom. The lowest BCUT2D eigenvalue weighted by Gasteiger charge is -2.17. The molecule has 1 atom stereocenters. The molecule has 1 saturated heterocycles. The van der Waals surface area contributed by atoms with E-state index >= 15 is 0 Å². The van der Waals surface area contributed by atoms with Crippen molar-refractivity contribution in [2.45, 2.75) is 24.7 Å². The second-order valence-electron chi connectivity index (χ2n) is 8.53. The number of hydrogen-bond donors (Lipinski definition) is 2. The minimum absolute atomic E-state index is 0.0515. The van der Waals surface area contributed by atoms with Gasteiger partial charge in [-0.3, -0.25) is 14.6 Å². The first-order valence-corrected chi connectivity index (χ1v) is 11.2. The molecular weight excluding hydrogens is 520 g/mol. The Bertz CT molecular complexity index is 1590. The van der Waals surface area contributed by atoms with Gasteiger partial charge in [-0.1, -0.05) is 6.07 Å². The van der Waals surface area contributed by atoms with Crippen LogP contribution in [0.2, 0.25) is 0 Å². The highest BCUT2D eigenvalue weighted by molar-refractivity contribution is 6.05. The van der Waals surface area contributed by atoms with Crippen molar-refractivity contribution in [3.05, 3.63) is 81.8 Å². The first-order valence-electron chi connectivity index (χ1n) is 11.2. The van der Waals surface area contributed by atoms with Crippen LogP contribution >= 0.6 is 0 Å². The van der Waals surface area contributed by atoms with Crippen molar-refractivity contribution in [3.8, 4) is 5.69 Å². The number of aromatic amines is 1. The van der Waals surface area contributed by atoms with Crippen LogP contribution in [-0.4, -0.2) is 38.9 Å². The molecule has 5 rings (SSSR count). The predicted molar refractivity (Wildman–Crippen MR) is 122 cm³/mol. The van der Waals surface area contributed by atoms with Crippen molar-refractivity contribution in [3.63, 3.8) is 0 Å². The van der Waals surface area contributed by atoms with E-state index in [4.69, 9.17) is 4.74 Å². The summed E-state index contributed by atoms with van der Waals surface area (Å²) >= 11 is 0. The number of pyridine rings is 2. The van der Waals surface area contributed by atoms with Gasteiger partial charge in [-0.25, -0.2) is 4.68 Å². The first-order chi connectivity index (χ1) is 17.9. The lowest BCUT2D eigenvalue weighted by Crippen LogP contribution is -2.22. The Morgan fingerprint density at radius 2 is 1.87 bits per heavy atom. The van der Waals surface area contributed by atoms with Crippen molar-refractivity contribution in [1.29, 1.82) is 0 Å². The molecule has 1 aromatic carbocycles. The molecule has 0 aliphatic carbocycles. The molecule has 2 N–H and O–H groups in total. The number of halogens is 6. The van der Waals surface area contributed by atoms with E-state index in [0.29, 0.717) is 23.4 Å². The summed E-state index contributed by atoms with van der Waals surface area (Å²) in [6, 6.07) is 6.07. The summed E-state index contributed by atoms with van der Waals surface area (Å²) < 4.78 is 89.3. The van der Waals surface area contributed by atoms with Crippen LogP contribution in [0.15, 0.2) is 53.7 Å². The summed E-state index contributed by atoms with van der Waals surface area (Å²) in [7, 11) is 0. The molecule has 4 aromatic rings. The number of benzene rings is 1. The van der Waals surface area contributed by atoms with E-state index in [0.717, 1.165) is 6.20 Å². The normalized spacial score (nSPS) is 16.2. The van der Waals surface area contributed by atoms with Gasteiger partial charge in [-0.15, -0.1) is 0 Å². The Morgan fingerprint density at radius 3 is 2.55 bits per heavy atom. The number of aromatic nitrogens is 4. The molecule has 0 bridgehead atoms. The minimum Gasteiger partial charge on any atom is -0.381 e. The van der Waals surface area contributed by atoms with Gasteiger partial charge in [0, 0.05) is 29.5 Å². The van der Waals surface area contributed by atoms with Crippen LogP contribution in [0.25, 0.3) is 16.5 Å². The molecule has 0 radical (unpaired) electrons. The van der Waals surface area contributed by atoms with E-state index in [1.54, 1.807) is 0 Å². The van der Waals surface area contributed by atoms with E-state index in [-0.39, 0.29) is 35.4 Å². The maximum atomic E-state index is 14.2. The van der Waals surface area contributed by atoms with E-state index in [9.17, 15) is 35.9 Å². The van der Waals surface area contributed by atoms with Crippen molar-refractivity contribution < 1.29 is 35.9 Å². The van der Waals surface area contributed by atoms with Crippen LogP contribution in [0.3, 0.4) is 0 Å². The average molecular weight is 537 g/mol. The van der Waals surface area contributed by atoms with E-state index in [1.165, 1.54) is 30.5 Å². The van der Waals surface area contributed by atoms with E-state index in [2.05, 4.69) is 20.4 Å². The third-order valence-corrected chi connectivity index (χ3v) is 6.10. The molecule has 1 aliphatic rings. The number of anilines is 1. The molecule has 14 heteroatoms. The van der Waals surface area contributed by atoms with Gasteiger partial charge in [0.15, 0.2) is 5.69 Å². The van der Waals surface area contributed by atoms with Crippen molar-refractivity contribution in [2.24, 2.45) is 0 Å². The number of H-pyrrole nitrogens is 1. The molecule has 0 saturated carbocycles. The van der Waals surface area contributed by atoms with Crippen LogP contribution < -0.4 is 10.9 Å². The number of fused-ring (bicyclic) bond motifs is 1. The molecule has 38 heavy (non-hydrogen) atoms. The second-order valence-corrected chi connectivity index (χ2v) is 8.53. The third kappa shape index (κ3) is 4.62. The van der Waals surface area contributed by atoms with Crippen LogP contribution in [0, 0.1) is 0 Å². The molecule has 8 nitrogen and oxygen atoms in total. The van der Waals surface area contributed by atoms with Crippen LogP contribution in [0.5, 0.6) is 0 Å². The fourth-order valence-electron chi connectivity index (χ4n) is 4.40. The highest BCUT2D eigenvalue weighted by Gasteiger charge is 2.41. The predicted octanol–water partition coefficient (Wildman–Crippen LogP) is 4.90. The zero-order chi connectivity index (χ0) is 27.2. The number of carbonyl (C=O) groups is 1. The summed E-state index contributed by atoms with van der Waals surface area (Å²) in [5.74, 6) is -1.94. The molecule has 1 unspecified atom stereocenters. The Labute approximate surface area is 209 Å². The molecule has 3 aromatic heterocycles. The van der Waals surface area contributed by atoms with Gasteiger partial charge in [0.25, 0.3) is 11.5 Å². The number of carbonyl (C=O) groups excluding carboxylic acids is 1. The molecule has 1 amide bonds. The Hall–Kier alpha value is -4.20. The first kappa shape index (κ1) is 25.4. The van der Waals surface area contributed by atoms with Crippen molar-refractivity contribution >= 4 is 22.4 Å². The van der Waals surface area contributed by atoms with Crippen LogP contribution in [0.1, 0.15) is 39.6 Å². The largest absolute Gasteiger partial charge is 0.434 e. The molecule has 4 heterocycles. The fraction of sp³-hybridized carbons (Fsp3) is 0.250. The zero-order valence-electron chi connectivity index (χ0n) is 19.2. The number of rotatable bonds is 4. The van der Waals surface area contributed by atoms with Crippen molar-refractivity contribution in [1.82, 2.24) is 19.7 Å². The molecule has 0 spiro atoms. The lowest BCUT2D eigenvalue weighted by molar-refractivity contribution is -0.143. The van der Waals surface area contributed by atoms with Gasteiger partial charge in [-0.05, 0) is 30.7 Å². The third-order valence-electron chi connectivity index (χ3n) is 6.10. The SMILES string of the molecule is O=C(Nc1cnc(C2CCOC2)c(C(F)(F)F)c1)c1cnn(-c2cccc3c(=O)[nH]ccc23)c1C(F)(F)F. The minimum atomic E-state index is -5.09. The number of nitrogens with one attached hydrogen (secondary N) is 2. The molecular formula is C24H17F6N5O3. The number of ether oxygens (including phenoxy) is 1. The smallest absolute Gasteiger partial charge is 0.381 e. The lowest BCUT2D eigenvalue weighted by atomic mass is 9.98. The summed E-state index contributed by atoms with van der Waals surface area (Å²) in [6.45, 7) is 0.327. The second kappa shape index (κ2) is 9.28. The number of nitrogens with zero attached hydrogens (tertiary/aromatic N) is 3. The molecule has 1 aliphatic heterocycles. The van der Waals surface area contributed by atoms with Gasteiger partial charge in [0.05, 0.1) is 47.2 Å². The topological polar surface area (TPSA) is 102 Å². The monoisotopic (exact) mass is 537 g/mol. The maximum Gasteiger partial charge on any atom is 0.434 e. The molecule has 1 fully saturated rings. The van der Waals surface area contributed by atoms with Gasteiger partial charge < -0.3 is 15.0 Å². The number of alkyl halides is 6. The Kier molecular flexibility index (Phi) is 6.21. The fourth-order valence-corrected chi connectivity index (χ4v) is 4.40. The summed E-state index contributed by atoms with van der Waals surface area (Å²) in [5.41, 5.74) is -4.87. The van der Waals surface area contributed by atoms with Crippen molar-refractivity contribution in [2.75, 3.05) is 18.5 Å². The van der Waals surface area contributed by atoms with Crippen LogP contribution in [0.4, 0.5) is 32.0 Å². The average Bonchev–Trinajstić information content (AvgIpc) is 3.54. The maximum absolute atomic E-state index is 14.2. The quantitative estimate of drug-likeness (QED) is 0.361. The Balaban J connectivity index is 1.55. The summed E-state index contributed by atoms with van der Waals surface area (Å²) in [5, 5.41) is 6.04. The van der Waals surface area contributed by atoms with E-state index < -0.39 is 52.2 Å². The zero-order valence-corrected chi connectivity index (χ0v) is 19.2. The van der Waals surface area contributed by atoms with Crippen LogP contribution in [-0.2, 0) is 17.1 Å². The highest BCUT2D eigenvalue weighted by Crippen LogP contribution is 2.39. The summed E-state index contributed by atoms with van der Waals surface area (Å²) in [6.07, 6.45) is -6.71. The van der Waals surface area contributed by atoms with Gasteiger partial charge in [0.1, 0.15) is 0 Å². The van der Waals surface area contributed by atoms with Gasteiger partial charge >= 0.3 is 12.4 Å². The van der Waals surface area contributed by atoms with Gasteiger partial charge in [-0.2, -0.15) is 31.4 Å².